The lowest BCUT2D eigenvalue weighted by molar-refractivity contribution is 0.288. The first-order valence-corrected chi connectivity index (χ1v) is 6.78. The monoisotopic (exact) mass is 259 g/mol. The highest BCUT2D eigenvalue weighted by atomic mass is 32.1. The Morgan fingerprint density at radius 1 is 1.28 bits per heavy atom. The van der Waals surface area contributed by atoms with Gasteiger partial charge in [-0.05, 0) is 12.5 Å². The average Bonchev–Trinajstić information content (AvgIpc) is 3.02. The van der Waals surface area contributed by atoms with Gasteiger partial charge in [0.25, 0.3) is 0 Å². The van der Waals surface area contributed by atoms with Gasteiger partial charge < -0.3 is 9.52 Å². The van der Waals surface area contributed by atoms with Gasteiger partial charge in [0.1, 0.15) is 11.8 Å². The molecule has 3 nitrogen and oxygen atoms in total. The molecule has 2 aromatic heterocycles. The van der Waals surface area contributed by atoms with Crippen molar-refractivity contribution < 1.29 is 9.52 Å². The molecular formula is C14H13NO2S. The number of nitrogens with zero attached hydrogens (tertiary/aromatic N) is 1. The highest BCUT2D eigenvalue weighted by Gasteiger charge is 2.10. The van der Waals surface area contributed by atoms with Gasteiger partial charge >= 0.3 is 0 Å². The molecule has 4 heteroatoms. The smallest absolute Gasteiger partial charge is 0.134 e. The van der Waals surface area contributed by atoms with Gasteiger partial charge in [0.2, 0.25) is 0 Å². The second-order valence-corrected chi connectivity index (χ2v) is 5.04. The first-order chi connectivity index (χ1) is 8.88. The predicted molar refractivity (Wildman–Crippen MR) is 72.7 cm³/mol. The molecule has 2 heterocycles. The third kappa shape index (κ3) is 2.05. The summed E-state index contributed by atoms with van der Waals surface area (Å²) in [5, 5.41) is 13.0. The Balaban J connectivity index is 1.96. The minimum absolute atomic E-state index is 0.212. The number of rotatable bonds is 4. The molecule has 3 rings (SSSR count). The number of thiazole rings is 1. The Bertz CT molecular complexity index is 656. The minimum Gasteiger partial charge on any atom is -0.464 e. The molecule has 0 saturated heterocycles. The number of para-hydroxylation sites is 1. The van der Waals surface area contributed by atoms with Gasteiger partial charge in [-0.3, -0.25) is 0 Å². The fraction of sp³-hybridized carbons (Fsp3) is 0.214. The lowest BCUT2D eigenvalue weighted by atomic mass is 10.1. The first-order valence-electron chi connectivity index (χ1n) is 5.90. The van der Waals surface area contributed by atoms with E-state index in [1.165, 1.54) is 0 Å². The number of aliphatic hydroxyl groups is 1. The molecule has 0 saturated carbocycles. The van der Waals surface area contributed by atoms with E-state index in [1.807, 2.05) is 29.6 Å². The molecule has 18 heavy (non-hydrogen) atoms. The second kappa shape index (κ2) is 4.92. The van der Waals surface area contributed by atoms with Crippen LogP contribution in [0.4, 0.5) is 0 Å². The molecule has 1 aromatic carbocycles. The largest absolute Gasteiger partial charge is 0.464 e. The molecular weight excluding hydrogens is 246 g/mol. The maximum absolute atomic E-state index is 8.82. The highest BCUT2D eigenvalue weighted by molar-refractivity contribution is 7.09. The summed E-state index contributed by atoms with van der Waals surface area (Å²) < 4.78 is 5.52. The summed E-state index contributed by atoms with van der Waals surface area (Å²) in [6.45, 7) is 0.212. The first kappa shape index (κ1) is 11.4. The number of aromatic nitrogens is 1. The van der Waals surface area contributed by atoms with Crippen molar-refractivity contribution >= 4 is 22.3 Å². The van der Waals surface area contributed by atoms with E-state index in [9.17, 15) is 0 Å². The maximum Gasteiger partial charge on any atom is 0.134 e. The van der Waals surface area contributed by atoms with Crippen LogP contribution in [-0.4, -0.2) is 16.7 Å². The van der Waals surface area contributed by atoms with Crippen LogP contribution in [0.3, 0.4) is 0 Å². The van der Waals surface area contributed by atoms with Gasteiger partial charge in [0.15, 0.2) is 0 Å². The lowest BCUT2D eigenvalue weighted by Crippen LogP contribution is -1.88. The second-order valence-electron chi connectivity index (χ2n) is 4.10. The Labute approximate surface area is 109 Å². The van der Waals surface area contributed by atoms with Gasteiger partial charge in [-0.25, -0.2) is 4.98 Å². The number of aliphatic hydroxyl groups excluding tert-OH is 1. The molecule has 1 N–H and O–H groups in total. The van der Waals surface area contributed by atoms with E-state index in [4.69, 9.17) is 9.52 Å². The van der Waals surface area contributed by atoms with E-state index in [0.717, 1.165) is 40.1 Å². The van der Waals surface area contributed by atoms with Gasteiger partial charge in [-0.15, -0.1) is 11.3 Å². The number of hydrogen-bond donors (Lipinski definition) is 1. The number of fused-ring (bicyclic) bond motifs is 1. The molecule has 0 bridgehead atoms. The normalized spacial score (nSPS) is 11.2. The molecule has 0 aliphatic heterocycles. The van der Waals surface area contributed by atoms with Crippen LogP contribution in [-0.2, 0) is 6.42 Å². The Hall–Kier alpha value is -1.65. The van der Waals surface area contributed by atoms with Crippen LogP contribution in [0.25, 0.3) is 22.2 Å². The van der Waals surface area contributed by atoms with E-state index < -0.39 is 0 Å². The number of benzene rings is 1. The topological polar surface area (TPSA) is 46.3 Å². The van der Waals surface area contributed by atoms with Crippen LogP contribution in [0, 0.1) is 0 Å². The van der Waals surface area contributed by atoms with Gasteiger partial charge in [0, 0.05) is 29.4 Å². The van der Waals surface area contributed by atoms with E-state index in [2.05, 4.69) is 4.98 Å². The van der Waals surface area contributed by atoms with E-state index in [1.54, 1.807) is 17.6 Å². The number of aryl methyl sites for hydroxylation is 1. The lowest BCUT2D eigenvalue weighted by Gasteiger charge is -1.93. The molecule has 3 aromatic rings. The molecule has 0 fully saturated rings. The third-order valence-corrected chi connectivity index (χ3v) is 3.77. The molecule has 0 spiro atoms. The van der Waals surface area contributed by atoms with Crippen LogP contribution < -0.4 is 0 Å². The van der Waals surface area contributed by atoms with Crippen molar-refractivity contribution in [3.8, 4) is 11.3 Å². The predicted octanol–water partition coefficient (Wildman–Crippen LogP) is 3.48. The minimum atomic E-state index is 0.212. The quantitative estimate of drug-likeness (QED) is 0.780. The SMILES string of the molecule is OCCCc1nc(-c2coc3ccccc23)cs1. The van der Waals surface area contributed by atoms with Crippen molar-refractivity contribution in [1.29, 1.82) is 0 Å². The standard InChI is InChI=1S/C14H13NO2S/c16-7-3-6-14-15-12(9-18-14)11-8-17-13-5-2-1-4-10(11)13/h1-2,4-5,8-9,16H,3,6-7H2. The van der Waals surface area contributed by atoms with Gasteiger partial charge in [-0.1, -0.05) is 18.2 Å². The summed E-state index contributed by atoms with van der Waals surface area (Å²) in [6, 6.07) is 7.96. The number of furan rings is 1. The van der Waals surface area contributed by atoms with Crippen molar-refractivity contribution in [3.63, 3.8) is 0 Å². The van der Waals surface area contributed by atoms with Crippen LogP contribution >= 0.6 is 11.3 Å². The van der Waals surface area contributed by atoms with Crippen molar-refractivity contribution in [2.24, 2.45) is 0 Å². The van der Waals surface area contributed by atoms with Gasteiger partial charge in [-0.2, -0.15) is 0 Å². The zero-order valence-electron chi connectivity index (χ0n) is 9.80. The molecule has 92 valence electrons. The van der Waals surface area contributed by atoms with Crippen molar-refractivity contribution in [3.05, 3.63) is 40.9 Å². The zero-order valence-corrected chi connectivity index (χ0v) is 10.6. The molecule has 0 aliphatic rings. The average molecular weight is 259 g/mol. The van der Waals surface area contributed by atoms with Crippen LogP contribution in [0.15, 0.2) is 40.3 Å². The van der Waals surface area contributed by atoms with Crippen molar-refractivity contribution in [2.75, 3.05) is 6.61 Å². The van der Waals surface area contributed by atoms with Crippen LogP contribution in [0.5, 0.6) is 0 Å². The van der Waals surface area contributed by atoms with Crippen LogP contribution in [0.2, 0.25) is 0 Å². The summed E-state index contributed by atoms with van der Waals surface area (Å²) in [5.74, 6) is 0. The van der Waals surface area contributed by atoms with Gasteiger partial charge in [0.05, 0.1) is 10.7 Å². The maximum atomic E-state index is 8.82. The summed E-state index contributed by atoms with van der Waals surface area (Å²) in [6.07, 6.45) is 3.35. The molecule has 0 unspecified atom stereocenters. The molecule has 0 atom stereocenters. The summed E-state index contributed by atoms with van der Waals surface area (Å²) >= 11 is 1.63. The zero-order chi connectivity index (χ0) is 12.4. The summed E-state index contributed by atoms with van der Waals surface area (Å²) in [5.41, 5.74) is 2.88. The molecule has 0 amide bonds. The highest BCUT2D eigenvalue weighted by Crippen LogP contribution is 2.31. The fourth-order valence-electron chi connectivity index (χ4n) is 1.96. The summed E-state index contributed by atoms with van der Waals surface area (Å²) in [7, 11) is 0. The Morgan fingerprint density at radius 2 is 2.17 bits per heavy atom. The van der Waals surface area contributed by atoms with Crippen molar-refractivity contribution in [1.82, 2.24) is 4.98 Å². The van der Waals surface area contributed by atoms with E-state index >= 15 is 0 Å². The third-order valence-electron chi connectivity index (χ3n) is 2.86. The molecule has 0 radical (unpaired) electrons. The van der Waals surface area contributed by atoms with Crippen LogP contribution in [0.1, 0.15) is 11.4 Å². The summed E-state index contributed by atoms with van der Waals surface area (Å²) in [4.78, 5) is 4.59. The van der Waals surface area contributed by atoms with E-state index in [-0.39, 0.29) is 6.61 Å². The Morgan fingerprint density at radius 3 is 3.06 bits per heavy atom. The van der Waals surface area contributed by atoms with Crippen molar-refractivity contribution in [2.45, 2.75) is 12.8 Å². The van der Waals surface area contributed by atoms with E-state index in [0.29, 0.717) is 0 Å². The fourth-order valence-corrected chi connectivity index (χ4v) is 2.80. The Kier molecular flexibility index (Phi) is 3.13. The number of hydrogen-bond acceptors (Lipinski definition) is 4. The molecule has 0 aliphatic carbocycles.